The molecule has 0 fully saturated rings. The first kappa shape index (κ1) is 34.1. The molecule has 45 heavy (non-hydrogen) atoms. The Balaban J connectivity index is 1.91. The number of aromatic nitrogens is 3. The number of carbonyl (C=O) groups excluding carboxylic acids is 2. The molecule has 4 bridgehead atoms. The quantitative estimate of drug-likeness (QED) is 0.335. The van der Waals surface area contributed by atoms with Crippen molar-refractivity contribution in [3.63, 3.8) is 0 Å². The number of nitrogens with zero attached hydrogens (tertiary/aromatic N) is 3. The van der Waals surface area contributed by atoms with E-state index in [-0.39, 0.29) is 12.8 Å². The first-order valence-electron chi connectivity index (χ1n) is 14.1. The van der Waals surface area contributed by atoms with E-state index in [1.165, 1.54) is 20.8 Å². The number of pyridine rings is 1. The van der Waals surface area contributed by atoms with Gasteiger partial charge in [0.1, 0.15) is 11.3 Å². The van der Waals surface area contributed by atoms with Crippen LogP contribution in [0.4, 0.5) is 36.8 Å². The van der Waals surface area contributed by atoms with E-state index in [1.54, 1.807) is 18.2 Å². The molecule has 0 radical (unpaired) electrons. The van der Waals surface area contributed by atoms with Gasteiger partial charge in [-0.05, 0) is 70.9 Å². The summed E-state index contributed by atoms with van der Waals surface area (Å²) in [6, 6.07) is 0.402. The molecule has 3 heterocycles. The number of aliphatic hydroxyl groups excluding tert-OH is 1. The van der Waals surface area contributed by atoms with Gasteiger partial charge in [0.2, 0.25) is 5.60 Å². The van der Waals surface area contributed by atoms with Crippen LogP contribution in [0.2, 0.25) is 0 Å². The molecule has 0 saturated carbocycles. The van der Waals surface area contributed by atoms with Crippen molar-refractivity contribution in [2.75, 3.05) is 11.9 Å². The lowest BCUT2D eigenvalue weighted by atomic mass is 9.92. The van der Waals surface area contributed by atoms with Crippen molar-refractivity contribution in [3.8, 4) is 11.6 Å². The number of amides is 1. The van der Waals surface area contributed by atoms with Crippen LogP contribution in [0.1, 0.15) is 87.7 Å². The van der Waals surface area contributed by atoms with Crippen molar-refractivity contribution >= 4 is 17.6 Å². The summed E-state index contributed by atoms with van der Waals surface area (Å²) >= 11 is 0. The number of halogens is 6. The molecule has 0 saturated heterocycles. The van der Waals surface area contributed by atoms with Gasteiger partial charge in [0.05, 0.1) is 24.0 Å². The Morgan fingerprint density at radius 1 is 1.11 bits per heavy atom. The average molecular weight is 647 g/mol. The number of hydrogen-bond acceptors (Lipinski definition) is 9. The third kappa shape index (κ3) is 8.09. The summed E-state index contributed by atoms with van der Waals surface area (Å²) in [6.07, 6.45) is -8.70. The van der Waals surface area contributed by atoms with E-state index in [4.69, 9.17) is 13.9 Å². The number of hydrogen-bond donors (Lipinski definition) is 2. The molecule has 246 valence electrons. The summed E-state index contributed by atoms with van der Waals surface area (Å²) in [5.74, 6) is -2.99. The van der Waals surface area contributed by atoms with Gasteiger partial charge in [0, 0.05) is 6.42 Å². The second-order valence-electron chi connectivity index (χ2n) is 11.7. The summed E-state index contributed by atoms with van der Waals surface area (Å²) in [5, 5.41) is 19.8. The normalized spacial score (nSPS) is 21.6. The molecule has 2 atom stereocenters. The van der Waals surface area contributed by atoms with Gasteiger partial charge in [-0.2, -0.15) is 26.3 Å². The minimum Gasteiger partial charge on any atom is -0.444 e. The standard InChI is InChI=1S/C29H32F6N4O6/c1-26(2,3)45-25(42)36-19-14-18(28(30,31)32)21-20(41)11-7-10-17(40)12-13-27(29(33,34)35,43-15-16-8-5-4-6-9-16)24-39-38-23(44-24)22(19)37-21/h5,8-9,14,17,40H,4,6-7,10-13,15H2,1-3H3,(H,36,42). The molecular weight excluding hydrogens is 614 g/mol. The second kappa shape index (κ2) is 12.9. The Morgan fingerprint density at radius 3 is 2.47 bits per heavy atom. The largest absolute Gasteiger partial charge is 0.444 e. The number of Topliss-reactive ketones (excluding diaryl/α,β-unsaturated/α-hetero) is 1. The van der Waals surface area contributed by atoms with Crippen molar-refractivity contribution in [1.29, 1.82) is 0 Å². The number of allylic oxidation sites excluding steroid dienone is 2. The zero-order valence-electron chi connectivity index (χ0n) is 24.6. The lowest BCUT2D eigenvalue weighted by Gasteiger charge is -2.33. The number of rotatable bonds is 4. The maximum atomic E-state index is 15.0. The van der Waals surface area contributed by atoms with Crippen LogP contribution in [-0.2, 0) is 21.3 Å². The number of aliphatic hydroxyl groups is 1. The smallest absolute Gasteiger partial charge is 0.426 e. The number of carbonyl (C=O) groups is 2. The number of anilines is 1. The Kier molecular flexibility index (Phi) is 9.78. The van der Waals surface area contributed by atoms with Crippen molar-refractivity contribution in [2.24, 2.45) is 0 Å². The highest BCUT2D eigenvalue weighted by molar-refractivity contribution is 5.98. The second-order valence-corrected chi connectivity index (χ2v) is 11.7. The van der Waals surface area contributed by atoms with Gasteiger partial charge in [-0.25, -0.2) is 9.78 Å². The van der Waals surface area contributed by atoms with E-state index < -0.39 is 102 Å². The Bertz CT molecular complexity index is 1480. The molecule has 2 aliphatic rings. The van der Waals surface area contributed by atoms with Crippen LogP contribution in [0.15, 0.2) is 34.3 Å². The van der Waals surface area contributed by atoms with E-state index >= 15 is 0 Å². The van der Waals surface area contributed by atoms with Gasteiger partial charge in [-0.1, -0.05) is 18.2 Å². The molecule has 2 aromatic heterocycles. The van der Waals surface area contributed by atoms with Crippen molar-refractivity contribution in [3.05, 3.63) is 47.0 Å². The molecule has 16 heteroatoms. The zero-order chi connectivity index (χ0) is 33.2. The highest BCUT2D eigenvalue weighted by Crippen LogP contribution is 2.47. The fourth-order valence-corrected chi connectivity index (χ4v) is 4.79. The third-order valence-electron chi connectivity index (χ3n) is 6.99. The Labute approximate surface area is 253 Å². The van der Waals surface area contributed by atoms with Crippen LogP contribution in [0.3, 0.4) is 0 Å². The molecule has 10 nitrogen and oxygen atoms in total. The van der Waals surface area contributed by atoms with Gasteiger partial charge in [-0.15, -0.1) is 10.2 Å². The maximum Gasteiger partial charge on any atom is 0.426 e. The first-order chi connectivity index (χ1) is 20.9. The van der Waals surface area contributed by atoms with Crippen LogP contribution in [-0.4, -0.2) is 56.7 Å². The fraction of sp³-hybridized carbons (Fsp3) is 0.552. The van der Waals surface area contributed by atoms with Crippen molar-refractivity contribution < 1.29 is 54.9 Å². The predicted octanol–water partition coefficient (Wildman–Crippen LogP) is 7.06. The third-order valence-corrected chi connectivity index (χ3v) is 6.99. The number of nitrogens with one attached hydrogen (secondary N) is 1. The lowest BCUT2D eigenvalue weighted by molar-refractivity contribution is -0.294. The molecule has 0 spiro atoms. The number of fused-ring (bicyclic) bond motifs is 5. The van der Waals surface area contributed by atoms with E-state index in [2.05, 4.69) is 20.5 Å². The molecule has 1 aliphatic carbocycles. The molecule has 1 amide bonds. The highest BCUT2D eigenvalue weighted by Gasteiger charge is 2.61. The van der Waals surface area contributed by atoms with E-state index in [0.29, 0.717) is 24.5 Å². The summed E-state index contributed by atoms with van der Waals surface area (Å²) in [6.45, 7) is 3.98. The Morgan fingerprint density at radius 2 is 1.84 bits per heavy atom. The summed E-state index contributed by atoms with van der Waals surface area (Å²) in [7, 11) is 0. The molecule has 1 aliphatic heterocycles. The van der Waals surface area contributed by atoms with Gasteiger partial charge >= 0.3 is 18.4 Å². The monoisotopic (exact) mass is 646 g/mol. The van der Waals surface area contributed by atoms with E-state index in [0.717, 1.165) is 0 Å². The van der Waals surface area contributed by atoms with Gasteiger partial charge < -0.3 is 19.0 Å². The first-order valence-corrected chi connectivity index (χ1v) is 14.1. The number of alkyl halides is 6. The van der Waals surface area contributed by atoms with Crippen LogP contribution in [0.25, 0.3) is 11.6 Å². The fourth-order valence-electron chi connectivity index (χ4n) is 4.79. The molecule has 2 aromatic rings. The molecule has 2 unspecified atom stereocenters. The molecule has 0 aromatic carbocycles. The van der Waals surface area contributed by atoms with E-state index in [9.17, 15) is 41.0 Å². The minimum absolute atomic E-state index is 0.151. The van der Waals surface area contributed by atoms with E-state index in [1.807, 2.05) is 0 Å². The summed E-state index contributed by atoms with van der Waals surface area (Å²) in [5.41, 5.74) is -7.85. The topological polar surface area (TPSA) is 137 Å². The summed E-state index contributed by atoms with van der Waals surface area (Å²) < 4.78 is 103. The SMILES string of the molecule is CC(C)(C)OC(=O)Nc1cc(C(F)(F)F)c2nc1-c1nnc(o1)C(OCC1=CCCC=C1)(C(F)(F)F)CCC(O)CCCC2=O. The van der Waals surface area contributed by atoms with Crippen molar-refractivity contribution in [2.45, 2.75) is 95.4 Å². The van der Waals surface area contributed by atoms with Gasteiger partial charge in [0.15, 0.2) is 11.5 Å². The highest BCUT2D eigenvalue weighted by atomic mass is 19.4. The van der Waals surface area contributed by atoms with Crippen LogP contribution in [0, 0.1) is 0 Å². The molecule has 4 rings (SSSR count). The van der Waals surface area contributed by atoms with Gasteiger partial charge in [0.25, 0.3) is 11.8 Å². The number of ketones is 1. The molecular formula is C29H32F6N4O6. The Hall–Kier alpha value is -3.79. The maximum absolute atomic E-state index is 15.0. The summed E-state index contributed by atoms with van der Waals surface area (Å²) in [4.78, 5) is 29.4. The predicted molar refractivity (Wildman–Crippen MR) is 146 cm³/mol. The number of ether oxygens (including phenoxy) is 2. The minimum atomic E-state index is -5.17. The average Bonchev–Trinajstić information content (AvgIpc) is 3.41. The molecule has 2 N–H and O–H groups in total. The van der Waals surface area contributed by atoms with Crippen LogP contribution >= 0.6 is 0 Å². The van der Waals surface area contributed by atoms with Gasteiger partial charge in [-0.3, -0.25) is 10.1 Å². The van der Waals surface area contributed by atoms with Crippen LogP contribution in [0.5, 0.6) is 0 Å². The van der Waals surface area contributed by atoms with Crippen molar-refractivity contribution in [1.82, 2.24) is 15.2 Å². The lowest BCUT2D eigenvalue weighted by Crippen LogP contribution is -2.46. The zero-order valence-corrected chi connectivity index (χ0v) is 24.6. The van der Waals surface area contributed by atoms with Crippen LogP contribution < -0.4 is 5.32 Å².